The van der Waals surface area contributed by atoms with Crippen LogP contribution in [-0.2, 0) is 14.3 Å². The van der Waals surface area contributed by atoms with Crippen LogP contribution in [0.3, 0.4) is 0 Å². The van der Waals surface area contributed by atoms with Gasteiger partial charge < -0.3 is 0 Å². The third-order valence-corrected chi connectivity index (χ3v) is 5.36. The van der Waals surface area contributed by atoms with E-state index in [0.717, 1.165) is 11.5 Å². The standard InChI is InChI=1S/C17H24O3SSe/c1-4-19-15(12-17(18)21-6-3)16(20-5-2)13-22-14-10-8-7-9-11-14/h7-11,13,15H,4-6,12H2,1-3H3/b16-13+. The fourth-order valence-corrected chi connectivity index (χ4v) is 4.05. The Morgan fingerprint density at radius 2 is 1.95 bits per heavy atom. The Labute approximate surface area is 144 Å². The number of hydrogen-bond acceptors (Lipinski definition) is 4. The van der Waals surface area contributed by atoms with Gasteiger partial charge in [0.2, 0.25) is 0 Å². The van der Waals surface area contributed by atoms with E-state index in [9.17, 15) is 4.79 Å². The van der Waals surface area contributed by atoms with Crippen molar-refractivity contribution in [3.8, 4) is 0 Å². The van der Waals surface area contributed by atoms with Gasteiger partial charge in [-0.05, 0) is 0 Å². The predicted octanol–water partition coefficient (Wildman–Crippen LogP) is 2.97. The van der Waals surface area contributed by atoms with Gasteiger partial charge in [0.05, 0.1) is 0 Å². The van der Waals surface area contributed by atoms with Crippen molar-refractivity contribution in [2.45, 2.75) is 33.3 Å². The summed E-state index contributed by atoms with van der Waals surface area (Å²) in [6.45, 7) is 7.02. The van der Waals surface area contributed by atoms with Crippen LogP contribution in [0.25, 0.3) is 0 Å². The second kappa shape index (κ2) is 11.8. The molecule has 0 N–H and O–H groups in total. The van der Waals surface area contributed by atoms with Gasteiger partial charge in [-0.3, -0.25) is 0 Å². The Bertz CT molecular complexity index is 462. The molecule has 0 heterocycles. The molecule has 3 nitrogen and oxygen atoms in total. The van der Waals surface area contributed by atoms with Crippen LogP contribution in [0.1, 0.15) is 27.2 Å². The monoisotopic (exact) mass is 388 g/mol. The Balaban J connectivity index is 2.80. The molecule has 1 aromatic carbocycles. The molecule has 1 atom stereocenters. The van der Waals surface area contributed by atoms with E-state index in [0.29, 0.717) is 19.6 Å². The summed E-state index contributed by atoms with van der Waals surface area (Å²) in [5.41, 5.74) is 0. The van der Waals surface area contributed by atoms with Gasteiger partial charge in [0.1, 0.15) is 0 Å². The topological polar surface area (TPSA) is 35.5 Å². The van der Waals surface area contributed by atoms with Crippen molar-refractivity contribution in [3.05, 3.63) is 41.1 Å². The van der Waals surface area contributed by atoms with Crippen molar-refractivity contribution >= 4 is 36.3 Å². The number of hydrogen-bond donors (Lipinski definition) is 0. The molecule has 0 aromatic heterocycles. The van der Waals surface area contributed by atoms with Crippen LogP contribution in [0.15, 0.2) is 41.1 Å². The summed E-state index contributed by atoms with van der Waals surface area (Å²) in [5, 5.41) is 0.152. The Hall–Kier alpha value is -0.741. The van der Waals surface area contributed by atoms with Crippen LogP contribution in [0.5, 0.6) is 0 Å². The summed E-state index contributed by atoms with van der Waals surface area (Å²) >= 11 is 1.51. The number of carbonyl (C=O) groups is 1. The normalized spacial score (nSPS) is 13.0. The number of rotatable bonds is 10. The Kier molecular flexibility index (Phi) is 10.3. The van der Waals surface area contributed by atoms with Crippen molar-refractivity contribution in [3.63, 3.8) is 0 Å². The van der Waals surface area contributed by atoms with Gasteiger partial charge >= 0.3 is 144 Å². The third kappa shape index (κ3) is 7.50. The maximum absolute atomic E-state index is 11.9. The molecular formula is C17H24O3SSe. The van der Waals surface area contributed by atoms with Crippen LogP contribution in [0.4, 0.5) is 0 Å². The van der Waals surface area contributed by atoms with Gasteiger partial charge in [0.25, 0.3) is 0 Å². The molecule has 0 aliphatic heterocycles. The molecule has 5 heteroatoms. The van der Waals surface area contributed by atoms with Crippen molar-refractivity contribution in [2.24, 2.45) is 0 Å². The molecule has 0 fully saturated rings. The molecule has 0 saturated heterocycles. The molecule has 0 radical (unpaired) electrons. The summed E-state index contributed by atoms with van der Waals surface area (Å²) in [7, 11) is 0. The first-order valence-electron chi connectivity index (χ1n) is 7.53. The number of carbonyl (C=O) groups excluding carboxylic acids is 1. The van der Waals surface area contributed by atoms with Gasteiger partial charge in [0, 0.05) is 0 Å². The molecule has 0 saturated carbocycles. The van der Waals surface area contributed by atoms with E-state index in [1.54, 1.807) is 0 Å². The molecule has 122 valence electrons. The quantitative estimate of drug-likeness (QED) is 0.457. The van der Waals surface area contributed by atoms with E-state index in [1.165, 1.54) is 16.2 Å². The van der Waals surface area contributed by atoms with Gasteiger partial charge in [-0.2, -0.15) is 0 Å². The van der Waals surface area contributed by atoms with Crippen LogP contribution < -0.4 is 4.46 Å². The number of thioether (sulfide) groups is 1. The Morgan fingerprint density at radius 1 is 1.23 bits per heavy atom. The van der Waals surface area contributed by atoms with Crippen LogP contribution in [0, 0.1) is 0 Å². The van der Waals surface area contributed by atoms with E-state index in [1.807, 2.05) is 39.0 Å². The van der Waals surface area contributed by atoms with Gasteiger partial charge in [0.15, 0.2) is 0 Å². The Morgan fingerprint density at radius 3 is 2.55 bits per heavy atom. The molecular weight excluding hydrogens is 363 g/mol. The van der Waals surface area contributed by atoms with Crippen LogP contribution in [-0.4, -0.2) is 45.1 Å². The third-order valence-electron chi connectivity index (χ3n) is 2.71. The second-order valence-corrected chi connectivity index (χ2v) is 7.64. The summed E-state index contributed by atoms with van der Waals surface area (Å²) in [6, 6.07) is 10.3. The summed E-state index contributed by atoms with van der Waals surface area (Å²) < 4.78 is 12.8. The molecule has 0 aliphatic carbocycles. The van der Waals surface area contributed by atoms with E-state index >= 15 is 0 Å². The molecule has 1 aromatic rings. The molecule has 0 aliphatic rings. The first-order chi connectivity index (χ1) is 10.7. The van der Waals surface area contributed by atoms with Gasteiger partial charge in [-0.15, -0.1) is 0 Å². The summed E-state index contributed by atoms with van der Waals surface area (Å²) in [6.07, 6.45) is 0.0883. The van der Waals surface area contributed by atoms with E-state index in [2.05, 4.69) is 17.1 Å². The average molecular weight is 387 g/mol. The molecule has 0 bridgehead atoms. The zero-order valence-electron chi connectivity index (χ0n) is 13.4. The van der Waals surface area contributed by atoms with Crippen LogP contribution in [0.2, 0.25) is 0 Å². The van der Waals surface area contributed by atoms with Gasteiger partial charge in [-0.25, -0.2) is 0 Å². The van der Waals surface area contributed by atoms with Crippen molar-refractivity contribution < 1.29 is 14.3 Å². The molecule has 0 spiro atoms. The van der Waals surface area contributed by atoms with Crippen molar-refractivity contribution in [1.29, 1.82) is 0 Å². The zero-order valence-corrected chi connectivity index (χ0v) is 15.9. The average Bonchev–Trinajstić information content (AvgIpc) is 2.52. The first kappa shape index (κ1) is 19.3. The molecule has 1 unspecified atom stereocenters. The molecule has 0 amide bonds. The number of benzene rings is 1. The minimum atomic E-state index is -0.276. The van der Waals surface area contributed by atoms with Crippen LogP contribution >= 0.6 is 11.8 Å². The number of ether oxygens (including phenoxy) is 2. The molecule has 22 heavy (non-hydrogen) atoms. The van der Waals surface area contributed by atoms with E-state index in [4.69, 9.17) is 9.47 Å². The SMILES string of the molecule is CCO/C(=C/[Se]c1ccccc1)C(CC(=O)SCC)OCC. The van der Waals surface area contributed by atoms with Crippen molar-refractivity contribution in [2.75, 3.05) is 19.0 Å². The minimum absolute atomic E-state index is 0.152. The van der Waals surface area contributed by atoms with Crippen molar-refractivity contribution in [1.82, 2.24) is 0 Å². The summed E-state index contributed by atoms with van der Waals surface area (Å²) in [5.74, 6) is 1.58. The zero-order chi connectivity index (χ0) is 16.2. The van der Waals surface area contributed by atoms with Gasteiger partial charge in [-0.1, -0.05) is 0 Å². The van der Waals surface area contributed by atoms with E-state index in [-0.39, 0.29) is 26.2 Å². The molecule has 1 rings (SSSR count). The fraction of sp³-hybridized carbons (Fsp3) is 0.471. The fourth-order valence-electron chi connectivity index (χ4n) is 1.81. The summed E-state index contributed by atoms with van der Waals surface area (Å²) in [4.78, 5) is 14.0. The second-order valence-electron chi connectivity index (χ2n) is 4.34. The van der Waals surface area contributed by atoms with E-state index < -0.39 is 0 Å². The first-order valence-corrected chi connectivity index (χ1v) is 10.4. The predicted molar refractivity (Wildman–Crippen MR) is 94.7 cm³/mol. The maximum atomic E-state index is 11.9.